The number of aryl methyl sites for hydroxylation is 1. The molecule has 0 aliphatic heterocycles. The van der Waals surface area contributed by atoms with Crippen LogP contribution in [-0.4, -0.2) is 27.7 Å². The Morgan fingerprint density at radius 3 is 2.79 bits per heavy atom. The first-order chi connectivity index (χ1) is 8.95. The van der Waals surface area contributed by atoms with Crippen molar-refractivity contribution in [3.63, 3.8) is 0 Å². The maximum atomic E-state index is 14.2. The standard InChI is InChI=1S/C12H11ClFN3O2/c1-6(18)11-7(5-17(2)16-11)9-8(19-3)4-15-12(13)10(9)14/h4-5H,1-3H3. The lowest BCUT2D eigenvalue weighted by atomic mass is 10.0. The Morgan fingerprint density at radius 1 is 1.53 bits per heavy atom. The molecule has 2 heterocycles. The number of rotatable bonds is 3. The number of hydrogen-bond acceptors (Lipinski definition) is 4. The molecule has 0 aliphatic carbocycles. The summed E-state index contributed by atoms with van der Waals surface area (Å²) in [7, 11) is 3.03. The van der Waals surface area contributed by atoms with Gasteiger partial charge in [0.15, 0.2) is 16.8 Å². The number of methoxy groups -OCH3 is 1. The van der Waals surface area contributed by atoms with E-state index in [-0.39, 0.29) is 27.9 Å². The summed E-state index contributed by atoms with van der Waals surface area (Å²) in [5.41, 5.74) is 0.566. The van der Waals surface area contributed by atoms with Crippen LogP contribution in [0.25, 0.3) is 11.1 Å². The van der Waals surface area contributed by atoms with Crippen molar-refractivity contribution in [2.24, 2.45) is 7.05 Å². The van der Waals surface area contributed by atoms with Crippen molar-refractivity contribution in [2.45, 2.75) is 6.92 Å². The van der Waals surface area contributed by atoms with E-state index < -0.39 is 5.82 Å². The number of halogens is 2. The molecule has 2 aromatic heterocycles. The molecule has 0 saturated carbocycles. The number of nitrogens with zero attached hydrogens (tertiary/aromatic N) is 3. The van der Waals surface area contributed by atoms with Gasteiger partial charge in [-0.2, -0.15) is 5.10 Å². The quantitative estimate of drug-likeness (QED) is 0.641. The first kappa shape index (κ1) is 13.5. The molecule has 0 saturated heterocycles. The normalized spacial score (nSPS) is 10.6. The predicted octanol–water partition coefficient (Wildman–Crippen LogP) is 2.49. The average Bonchev–Trinajstić information content (AvgIpc) is 2.74. The summed E-state index contributed by atoms with van der Waals surface area (Å²) in [4.78, 5) is 15.2. The van der Waals surface area contributed by atoms with Crippen molar-refractivity contribution >= 4 is 17.4 Å². The van der Waals surface area contributed by atoms with Gasteiger partial charge in [0.25, 0.3) is 0 Å². The molecule has 0 fully saturated rings. The zero-order valence-electron chi connectivity index (χ0n) is 10.6. The van der Waals surface area contributed by atoms with E-state index in [4.69, 9.17) is 16.3 Å². The first-order valence-corrected chi connectivity index (χ1v) is 5.76. The maximum absolute atomic E-state index is 14.2. The molecule has 0 atom stereocenters. The molecule has 0 radical (unpaired) electrons. The molecule has 0 amide bonds. The molecular formula is C12H11ClFN3O2. The van der Waals surface area contributed by atoms with Crippen LogP contribution in [-0.2, 0) is 7.05 Å². The largest absolute Gasteiger partial charge is 0.494 e. The number of carbonyl (C=O) groups is 1. The average molecular weight is 284 g/mol. The summed E-state index contributed by atoms with van der Waals surface area (Å²) < 4.78 is 20.7. The summed E-state index contributed by atoms with van der Waals surface area (Å²) in [6.45, 7) is 1.36. The predicted molar refractivity (Wildman–Crippen MR) is 68.0 cm³/mol. The molecule has 2 rings (SSSR count). The molecule has 7 heteroatoms. The van der Waals surface area contributed by atoms with E-state index in [1.165, 1.54) is 31.1 Å². The lowest BCUT2D eigenvalue weighted by molar-refractivity contribution is 0.101. The highest BCUT2D eigenvalue weighted by Crippen LogP contribution is 2.36. The molecule has 100 valence electrons. The Kier molecular flexibility index (Phi) is 3.53. The van der Waals surface area contributed by atoms with Gasteiger partial charge in [-0.15, -0.1) is 0 Å². The van der Waals surface area contributed by atoms with E-state index in [0.717, 1.165) is 0 Å². The summed E-state index contributed by atoms with van der Waals surface area (Å²) >= 11 is 5.68. The SMILES string of the molecule is COc1cnc(Cl)c(F)c1-c1cn(C)nc1C(C)=O. The number of carbonyl (C=O) groups excluding carboxylic acids is 1. The molecule has 0 spiro atoms. The fourth-order valence-electron chi connectivity index (χ4n) is 1.79. The van der Waals surface area contributed by atoms with Crippen molar-refractivity contribution in [2.75, 3.05) is 7.11 Å². The summed E-state index contributed by atoms with van der Waals surface area (Å²) in [5, 5.41) is 3.73. The second-order valence-electron chi connectivity index (χ2n) is 3.93. The van der Waals surface area contributed by atoms with Gasteiger partial charge < -0.3 is 4.74 Å². The van der Waals surface area contributed by atoms with Gasteiger partial charge >= 0.3 is 0 Å². The minimum absolute atomic E-state index is 0.0841. The Morgan fingerprint density at radius 2 is 2.21 bits per heavy atom. The molecule has 0 bridgehead atoms. The van der Waals surface area contributed by atoms with Crippen LogP contribution in [0.15, 0.2) is 12.4 Å². The van der Waals surface area contributed by atoms with E-state index >= 15 is 0 Å². The molecule has 0 unspecified atom stereocenters. The van der Waals surface area contributed by atoms with Crippen LogP contribution < -0.4 is 4.74 Å². The summed E-state index contributed by atoms with van der Waals surface area (Å²) in [6.07, 6.45) is 2.84. The lowest BCUT2D eigenvalue weighted by Crippen LogP contribution is -2.00. The van der Waals surface area contributed by atoms with Crippen LogP contribution >= 0.6 is 11.6 Å². The number of aromatic nitrogens is 3. The van der Waals surface area contributed by atoms with E-state index in [1.54, 1.807) is 7.05 Å². The van der Waals surface area contributed by atoms with Crippen LogP contribution in [0.1, 0.15) is 17.4 Å². The van der Waals surface area contributed by atoms with Crippen LogP contribution in [0.4, 0.5) is 4.39 Å². The van der Waals surface area contributed by atoms with Gasteiger partial charge in [0.05, 0.1) is 18.9 Å². The van der Waals surface area contributed by atoms with E-state index in [0.29, 0.717) is 5.56 Å². The lowest BCUT2D eigenvalue weighted by Gasteiger charge is -2.09. The molecule has 0 aromatic carbocycles. The number of ether oxygens (including phenoxy) is 1. The Balaban J connectivity index is 2.78. The topological polar surface area (TPSA) is 57.0 Å². The molecular weight excluding hydrogens is 273 g/mol. The van der Waals surface area contributed by atoms with Crippen LogP contribution in [0, 0.1) is 5.82 Å². The molecule has 0 aliphatic rings. The second-order valence-corrected chi connectivity index (χ2v) is 4.29. The molecule has 2 aromatic rings. The number of Topliss-reactive ketones (excluding diaryl/α,β-unsaturated/α-hetero) is 1. The fraction of sp³-hybridized carbons (Fsp3) is 0.250. The van der Waals surface area contributed by atoms with E-state index in [9.17, 15) is 9.18 Å². The minimum Gasteiger partial charge on any atom is -0.494 e. The van der Waals surface area contributed by atoms with Crippen molar-refractivity contribution in [3.05, 3.63) is 29.1 Å². The van der Waals surface area contributed by atoms with Crippen molar-refractivity contribution in [1.82, 2.24) is 14.8 Å². The third-order valence-corrected chi connectivity index (χ3v) is 2.86. The monoisotopic (exact) mass is 283 g/mol. The summed E-state index contributed by atoms with van der Waals surface area (Å²) in [6, 6.07) is 0. The maximum Gasteiger partial charge on any atom is 0.180 e. The molecule has 19 heavy (non-hydrogen) atoms. The third kappa shape index (κ3) is 2.31. The minimum atomic E-state index is -0.739. The van der Waals surface area contributed by atoms with Gasteiger partial charge in [0.2, 0.25) is 0 Å². The highest BCUT2D eigenvalue weighted by atomic mass is 35.5. The van der Waals surface area contributed by atoms with Crippen LogP contribution in [0.2, 0.25) is 5.15 Å². The van der Waals surface area contributed by atoms with Crippen LogP contribution in [0.5, 0.6) is 5.75 Å². The Bertz CT molecular complexity index is 655. The summed E-state index contributed by atoms with van der Waals surface area (Å²) in [5.74, 6) is -0.820. The number of hydrogen-bond donors (Lipinski definition) is 0. The fourth-order valence-corrected chi connectivity index (χ4v) is 1.93. The van der Waals surface area contributed by atoms with Crippen molar-refractivity contribution < 1.29 is 13.9 Å². The zero-order chi connectivity index (χ0) is 14.2. The van der Waals surface area contributed by atoms with Gasteiger partial charge in [0, 0.05) is 25.7 Å². The first-order valence-electron chi connectivity index (χ1n) is 5.38. The van der Waals surface area contributed by atoms with Crippen molar-refractivity contribution in [3.8, 4) is 16.9 Å². The molecule has 0 N–H and O–H groups in total. The highest BCUT2D eigenvalue weighted by Gasteiger charge is 2.23. The number of pyridine rings is 1. The Hall–Kier alpha value is -1.95. The van der Waals surface area contributed by atoms with Gasteiger partial charge in [-0.3, -0.25) is 9.48 Å². The van der Waals surface area contributed by atoms with E-state index in [2.05, 4.69) is 10.1 Å². The van der Waals surface area contributed by atoms with Crippen LogP contribution in [0.3, 0.4) is 0 Å². The smallest absolute Gasteiger partial charge is 0.180 e. The van der Waals surface area contributed by atoms with Gasteiger partial charge in [-0.25, -0.2) is 9.37 Å². The van der Waals surface area contributed by atoms with Gasteiger partial charge in [-0.05, 0) is 0 Å². The Labute approximate surface area is 114 Å². The number of ketones is 1. The highest BCUT2D eigenvalue weighted by molar-refractivity contribution is 6.30. The van der Waals surface area contributed by atoms with Gasteiger partial charge in [0.1, 0.15) is 11.4 Å². The van der Waals surface area contributed by atoms with E-state index in [1.807, 2.05) is 0 Å². The van der Waals surface area contributed by atoms with Gasteiger partial charge in [-0.1, -0.05) is 11.6 Å². The third-order valence-electron chi connectivity index (χ3n) is 2.59. The van der Waals surface area contributed by atoms with Crippen molar-refractivity contribution in [1.29, 1.82) is 0 Å². The molecule has 5 nitrogen and oxygen atoms in total. The second kappa shape index (κ2) is 4.97. The zero-order valence-corrected chi connectivity index (χ0v) is 11.3.